The molecule has 0 aliphatic rings. The largest absolute Gasteiger partial charge is 0.462 e. The molecule has 6 heteroatoms. The molecule has 0 amide bonds. The van der Waals surface area contributed by atoms with Crippen molar-refractivity contribution in [2.45, 2.75) is 18.7 Å². The van der Waals surface area contributed by atoms with Gasteiger partial charge in [0.05, 0.1) is 17.1 Å². The lowest BCUT2D eigenvalue weighted by Gasteiger charge is -2.08. The maximum absolute atomic E-state index is 11.9. The van der Waals surface area contributed by atoms with Crippen LogP contribution >= 0.6 is 0 Å². The smallest absolute Gasteiger partial charge is 0.339 e. The number of sulfone groups is 1. The van der Waals surface area contributed by atoms with Crippen LogP contribution in [-0.2, 0) is 19.4 Å². The van der Waals surface area contributed by atoms with Crippen molar-refractivity contribution in [1.82, 2.24) is 0 Å². The van der Waals surface area contributed by atoms with Crippen molar-refractivity contribution in [2.24, 2.45) is 0 Å². The van der Waals surface area contributed by atoms with E-state index in [1.807, 2.05) is 0 Å². The molecule has 0 heterocycles. The summed E-state index contributed by atoms with van der Waals surface area (Å²) in [6.45, 7) is 2.97. The second-order valence-corrected chi connectivity index (χ2v) is 5.64. The Morgan fingerprint density at radius 3 is 2.39 bits per heavy atom. The molecule has 0 saturated carbocycles. The maximum Gasteiger partial charge on any atom is 0.339 e. The molecule has 0 aliphatic carbocycles. The number of esters is 1. The summed E-state index contributed by atoms with van der Waals surface area (Å²) in [5, 5.41) is 0. The second kappa shape index (κ2) is 5.77. The summed E-state index contributed by atoms with van der Waals surface area (Å²) in [5.74, 6) is -1.81. The summed E-state index contributed by atoms with van der Waals surface area (Å²) >= 11 is 0. The van der Waals surface area contributed by atoms with Crippen LogP contribution < -0.4 is 0 Å². The number of benzene rings is 1. The first-order valence-electron chi connectivity index (χ1n) is 5.37. The maximum atomic E-state index is 11.9. The zero-order valence-corrected chi connectivity index (χ0v) is 11.0. The van der Waals surface area contributed by atoms with E-state index in [4.69, 9.17) is 4.74 Å². The highest BCUT2D eigenvalue weighted by molar-refractivity contribution is 7.92. The van der Waals surface area contributed by atoms with Crippen LogP contribution in [0, 0.1) is 0 Å². The van der Waals surface area contributed by atoms with Gasteiger partial charge in [0.2, 0.25) is 0 Å². The first kappa shape index (κ1) is 14.4. The van der Waals surface area contributed by atoms with Gasteiger partial charge in [0.1, 0.15) is 11.5 Å². The Morgan fingerprint density at radius 2 is 1.83 bits per heavy atom. The molecule has 0 bridgehead atoms. The molecule has 18 heavy (non-hydrogen) atoms. The van der Waals surface area contributed by atoms with Crippen molar-refractivity contribution in [3.8, 4) is 0 Å². The summed E-state index contributed by atoms with van der Waals surface area (Å²) in [5.41, 5.74) is -0.0411. The van der Waals surface area contributed by atoms with E-state index in [2.05, 4.69) is 0 Å². The fraction of sp³-hybridized carbons (Fsp3) is 0.333. The quantitative estimate of drug-likeness (QED) is 0.752. The highest BCUT2D eigenvalue weighted by atomic mass is 32.2. The van der Waals surface area contributed by atoms with Crippen molar-refractivity contribution < 1.29 is 22.7 Å². The third-order valence-corrected chi connectivity index (χ3v) is 3.92. The lowest BCUT2D eigenvalue weighted by atomic mass is 10.2. The predicted octanol–water partition coefficient (Wildman–Crippen LogP) is 1.23. The number of ketones is 1. The first-order valence-corrected chi connectivity index (χ1v) is 7.02. The van der Waals surface area contributed by atoms with Gasteiger partial charge in [-0.15, -0.1) is 0 Å². The second-order valence-electron chi connectivity index (χ2n) is 3.68. The molecule has 1 aromatic rings. The normalized spacial score (nSPS) is 11.0. The zero-order valence-electron chi connectivity index (χ0n) is 10.2. The van der Waals surface area contributed by atoms with Crippen LogP contribution in [0.1, 0.15) is 24.2 Å². The van der Waals surface area contributed by atoms with Crippen LogP contribution in [-0.4, -0.2) is 32.5 Å². The molecule has 0 radical (unpaired) electrons. The Hall–Kier alpha value is -1.69. The summed E-state index contributed by atoms with van der Waals surface area (Å²) in [6, 6.07) is 5.70. The topological polar surface area (TPSA) is 77.5 Å². The lowest BCUT2D eigenvalue weighted by molar-refractivity contribution is -0.114. The van der Waals surface area contributed by atoms with Gasteiger partial charge in [-0.2, -0.15) is 0 Å². The van der Waals surface area contributed by atoms with Crippen molar-refractivity contribution >= 4 is 21.6 Å². The zero-order chi connectivity index (χ0) is 13.8. The van der Waals surface area contributed by atoms with Crippen molar-refractivity contribution in [3.05, 3.63) is 29.8 Å². The van der Waals surface area contributed by atoms with Crippen LogP contribution in [0.4, 0.5) is 0 Å². The summed E-state index contributed by atoms with van der Waals surface area (Å²) in [4.78, 5) is 22.4. The van der Waals surface area contributed by atoms with Crippen molar-refractivity contribution in [1.29, 1.82) is 0 Å². The third-order valence-electron chi connectivity index (χ3n) is 2.11. The highest BCUT2D eigenvalue weighted by Gasteiger charge is 2.24. The van der Waals surface area contributed by atoms with Gasteiger partial charge in [-0.1, -0.05) is 12.1 Å². The monoisotopic (exact) mass is 270 g/mol. The molecule has 0 unspecified atom stereocenters. The molecule has 5 nitrogen and oxygen atoms in total. The summed E-state index contributed by atoms with van der Waals surface area (Å²) < 4.78 is 28.7. The van der Waals surface area contributed by atoms with Gasteiger partial charge in [-0.25, -0.2) is 13.2 Å². The van der Waals surface area contributed by atoms with Crippen molar-refractivity contribution in [2.75, 3.05) is 12.4 Å². The van der Waals surface area contributed by atoms with Crippen LogP contribution in [0.5, 0.6) is 0 Å². The minimum absolute atomic E-state index is 0.0411. The molecule has 0 saturated heterocycles. The Balaban J connectivity index is 3.25. The summed E-state index contributed by atoms with van der Waals surface area (Å²) in [7, 11) is -3.80. The van der Waals surface area contributed by atoms with Crippen LogP contribution in [0.2, 0.25) is 0 Å². The van der Waals surface area contributed by atoms with E-state index in [1.165, 1.54) is 25.1 Å². The molecule has 1 rings (SSSR count). The Labute approximate surface area is 106 Å². The number of carbonyl (C=O) groups excluding carboxylic acids is 2. The fourth-order valence-electron chi connectivity index (χ4n) is 1.46. The average Bonchev–Trinajstić information content (AvgIpc) is 2.27. The van der Waals surface area contributed by atoms with Crippen LogP contribution in [0.15, 0.2) is 29.2 Å². The van der Waals surface area contributed by atoms with E-state index in [0.717, 1.165) is 0 Å². The van der Waals surface area contributed by atoms with E-state index in [-0.39, 0.29) is 17.1 Å². The van der Waals surface area contributed by atoms with Crippen LogP contribution in [0.25, 0.3) is 0 Å². The van der Waals surface area contributed by atoms with E-state index in [0.29, 0.717) is 0 Å². The van der Waals surface area contributed by atoms with Crippen molar-refractivity contribution in [3.63, 3.8) is 0 Å². The molecule has 0 fully saturated rings. The SMILES string of the molecule is CCOC(=O)c1ccccc1S(=O)(=O)CC(C)=O. The Kier molecular flexibility index (Phi) is 4.61. The van der Waals surface area contributed by atoms with E-state index in [1.54, 1.807) is 13.0 Å². The minimum Gasteiger partial charge on any atom is -0.462 e. The van der Waals surface area contributed by atoms with Gasteiger partial charge in [-0.3, -0.25) is 4.79 Å². The highest BCUT2D eigenvalue weighted by Crippen LogP contribution is 2.18. The fourth-order valence-corrected chi connectivity index (χ4v) is 2.92. The number of carbonyl (C=O) groups is 2. The van der Waals surface area contributed by atoms with Crippen LogP contribution in [0.3, 0.4) is 0 Å². The summed E-state index contributed by atoms with van der Waals surface area (Å²) in [6.07, 6.45) is 0. The van der Waals surface area contributed by atoms with E-state index in [9.17, 15) is 18.0 Å². The molecule has 1 aromatic carbocycles. The van der Waals surface area contributed by atoms with Gasteiger partial charge in [0.25, 0.3) is 0 Å². The lowest BCUT2D eigenvalue weighted by Crippen LogP contribution is -2.17. The number of ether oxygens (including phenoxy) is 1. The van der Waals surface area contributed by atoms with Gasteiger partial charge in [-0.05, 0) is 26.0 Å². The number of rotatable bonds is 5. The standard InChI is InChI=1S/C12H14O5S/c1-3-17-12(14)10-6-4-5-7-11(10)18(15,16)8-9(2)13/h4-7H,3,8H2,1-2H3. The number of hydrogen-bond donors (Lipinski definition) is 0. The Bertz CT molecular complexity index is 560. The van der Waals surface area contributed by atoms with Gasteiger partial charge in [0.15, 0.2) is 9.84 Å². The average molecular weight is 270 g/mol. The molecule has 0 N–H and O–H groups in total. The van der Waals surface area contributed by atoms with Gasteiger partial charge < -0.3 is 4.74 Å². The molecular formula is C12H14O5S. The minimum atomic E-state index is -3.80. The van der Waals surface area contributed by atoms with E-state index < -0.39 is 27.3 Å². The number of Topliss-reactive ketones (excluding diaryl/α,β-unsaturated/α-hetero) is 1. The number of hydrogen-bond acceptors (Lipinski definition) is 5. The van der Waals surface area contributed by atoms with Gasteiger partial charge >= 0.3 is 5.97 Å². The molecule has 98 valence electrons. The Morgan fingerprint density at radius 1 is 1.22 bits per heavy atom. The predicted molar refractivity (Wildman–Crippen MR) is 65.1 cm³/mol. The first-order chi connectivity index (χ1) is 8.38. The molecule has 0 atom stereocenters. The third kappa shape index (κ3) is 3.40. The molecule has 0 aliphatic heterocycles. The molecule has 0 aromatic heterocycles. The molecule has 0 spiro atoms. The molecular weight excluding hydrogens is 256 g/mol. The van der Waals surface area contributed by atoms with E-state index >= 15 is 0 Å². The van der Waals surface area contributed by atoms with Gasteiger partial charge in [0, 0.05) is 0 Å².